The Hall–Kier alpha value is -1.41. The summed E-state index contributed by atoms with van der Waals surface area (Å²) in [4.78, 5) is 17.7. The van der Waals surface area contributed by atoms with E-state index in [9.17, 15) is 9.90 Å². The van der Waals surface area contributed by atoms with Crippen LogP contribution in [0.3, 0.4) is 0 Å². The van der Waals surface area contributed by atoms with Gasteiger partial charge in [-0.15, -0.1) is 0 Å². The highest BCUT2D eigenvalue weighted by atomic mass is 16.7. The van der Waals surface area contributed by atoms with Crippen molar-refractivity contribution in [1.82, 2.24) is 4.90 Å². The van der Waals surface area contributed by atoms with E-state index in [0.717, 1.165) is 24.0 Å². The van der Waals surface area contributed by atoms with Gasteiger partial charge in [0, 0.05) is 17.6 Å². The van der Waals surface area contributed by atoms with Crippen molar-refractivity contribution in [3.8, 4) is 0 Å². The number of amides is 1. The predicted octanol–water partition coefficient (Wildman–Crippen LogP) is 2.56. The number of nitrogens with zero attached hydrogens (tertiary/aromatic N) is 2. The molecule has 1 aromatic carbocycles. The summed E-state index contributed by atoms with van der Waals surface area (Å²) in [5, 5.41) is 11.0. The zero-order chi connectivity index (χ0) is 22.2. The van der Waals surface area contributed by atoms with E-state index >= 15 is 0 Å². The lowest BCUT2D eigenvalue weighted by Gasteiger charge is -2.47. The molecule has 0 aromatic heterocycles. The molecule has 3 aliphatic heterocycles. The molecule has 1 unspecified atom stereocenters. The molecule has 2 saturated heterocycles. The standard InChI is InChI=1S/C24H35BN2O4/c1-22(2)23(3,4)31-25(30-22)16-9-10-19-20(13-16)27(21(28)24(19,5)29)18-14-17(15-18)26-11-7-6-8-12-26/h9-10,13,17-18,29H,6-8,11-12,14-15H2,1-5H3. The van der Waals surface area contributed by atoms with E-state index in [4.69, 9.17) is 9.31 Å². The zero-order valence-electron chi connectivity index (χ0n) is 19.5. The number of rotatable bonds is 3. The second kappa shape index (κ2) is 7.04. The molecule has 5 rings (SSSR count). The Morgan fingerprint density at radius 3 is 2.19 bits per heavy atom. The molecule has 0 bridgehead atoms. The number of hydrogen-bond donors (Lipinski definition) is 1. The Balaban J connectivity index is 1.40. The van der Waals surface area contributed by atoms with Crippen LogP contribution in [-0.2, 0) is 19.7 Å². The van der Waals surface area contributed by atoms with E-state index < -0.39 is 23.9 Å². The Labute approximate surface area is 186 Å². The summed E-state index contributed by atoms with van der Waals surface area (Å²) in [6, 6.07) is 6.47. The fourth-order valence-electron chi connectivity index (χ4n) is 5.46. The maximum atomic E-state index is 13.2. The van der Waals surface area contributed by atoms with Crippen LogP contribution in [0, 0.1) is 0 Å². The largest absolute Gasteiger partial charge is 0.494 e. The van der Waals surface area contributed by atoms with Crippen molar-refractivity contribution >= 4 is 24.2 Å². The molecule has 3 fully saturated rings. The van der Waals surface area contributed by atoms with Crippen molar-refractivity contribution in [3.63, 3.8) is 0 Å². The highest BCUT2D eigenvalue weighted by molar-refractivity contribution is 6.62. The van der Waals surface area contributed by atoms with Gasteiger partial charge in [-0.05, 0) is 84.9 Å². The van der Waals surface area contributed by atoms with E-state index in [1.807, 2.05) is 50.8 Å². The van der Waals surface area contributed by atoms with Crippen molar-refractivity contribution in [3.05, 3.63) is 23.8 Å². The third kappa shape index (κ3) is 3.27. The summed E-state index contributed by atoms with van der Waals surface area (Å²) >= 11 is 0. The van der Waals surface area contributed by atoms with Gasteiger partial charge in [-0.2, -0.15) is 0 Å². The number of benzene rings is 1. The van der Waals surface area contributed by atoms with Crippen LogP contribution >= 0.6 is 0 Å². The summed E-state index contributed by atoms with van der Waals surface area (Å²) in [5.74, 6) is -0.212. The number of piperidine rings is 1. The number of anilines is 1. The molecule has 0 radical (unpaired) electrons. The number of likely N-dealkylation sites (tertiary alicyclic amines) is 1. The summed E-state index contributed by atoms with van der Waals surface area (Å²) in [6.07, 6.45) is 5.83. The number of fused-ring (bicyclic) bond motifs is 1. The first-order valence-electron chi connectivity index (χ1n) is 11.8. The first-order chi connectivity index (χ1) is 14.5. The average molecular weight is 426 g/mol. The van der Waals surface area contributed by atoms with Gasteiger partial charge in [0.1, 0.15) is 0 Å². The van der Waals surface area contributed by atoms with Crippen LogP contribution in [0.4, 0.5) is 5.69 Å². The number of hydrogen-bond acceptors (Lipinski definition) is 5. The molecule has 1 saturated carbocycles. The third-order valence-corrected chi connectivity index (χ3v) is 8.33. The van der Waals surface area contributed by atoms with Crippen LogP contribution in [0.2, 0.25) is 0 Å². The van der Waals surface area contributed by atoms with Crippen LogP contribution in [0.15, 0.2) is 18.2 Å². The van der Waals surface area contributed by atoms with Gasteiger partial charge < -0.3 is 24.2 Å². The van der Waals surface area contributed by atoms with Crippen LogP contribution < -0.4 is 10.4 Å². The number of carbonyl (C=O) groups excluding carboxylic acids is 1. The van der Waals surface area contributed by atoms with Gasteiger partial charge in [-0.1, -0.05) is 18.6 Å². The van der Waals surface area contributed by atoms with E-state index in [0.29, 0.717) is 11.6 Å². The predicted molar refractivity (Wildman–Crippen MR) is 121 cm³/mol. The van der Waals surface area contributed by atoms with Crippen molar-refractivity contribution in [2.45, 2.75) is 95.6 Å². The van der Waals surface area contributed by atoms with Gasteiger partial charge in [0.05, 0.1) is 16.9 Å². The molecular formula is C24H35BN2O4. The first-order valence-corrected chi connectivity index (χ1v) is 11.8. The molecule has 7 heteroatoms. The summed E-state index contributed by atoms with van der Waals surface area (Å²) in [6.45, 7) is 12.1. The van der Waals surface area contributed by atoms with Crippen LogP contribution in [0.25, 0.3) is 0 Å². The quantitative estimate of drug-likeness (QED) is 0.753. The van der Waals surface area contributed by atoms with E-state index in [-0.39, 0.29) is 11.9 Å². The smallest absolute Gasteiger partial charge is 0.399 e. The molecule has 3 heterocycles. The Kier molecular flexibility index (Phi) is 4.87. The molecule has 6 nitrogen and oxygen atoms in total. The number of aliphatic hydroxyl groups is 1. The summed E-state index contributed by atoms with van der Waals surface area (Å²) < 4.78 is 12.5. The Bertz CT molecular complexity index is 872. The van der Waals surface area contributed by atoms with E-state index in [1.54, 1.807) is 6.92 Å². The number of carbonyl (C=O) groups is 1. The average Bonchev–Trinajstić information content (AvgIpc) is 3.02. The lowest BCUT2D eigenvalue weighted by atomic mass is 9.77. The molecule has 1 amide bonds. The van der Waals surface area contributed by atoms with Crippen LogP contribution in [-0.4, -0.2) is 59.4 Å². The van der Waals surface area contributed by atoms with Crippen LogP contribution in [0.5, 0.6) is 0 Å². The Morgan fingerprint density at radius 1 is 0.968 bits per heavy atom. The second-order valence-corrected chi connectivity index (χ2v) is 11.0. The fourth-order valence-corrected chi connectivity index (χ4v) is 5.46. The van der Waals surface area contributed by atoms with Crippen LogP contribution in [0.1, 0.15) is 72.3 Å². The van der Waals surface area contributed by atoms with Crippen molar-refractivity contribution in [2.75, 3.05) is 18.0 Å². The highest BCUT2D eigenvalue weighted by Crippen LogP contribution is 2.45. The lowest BCUT2D eigenvalue weighted by molar-refractivity contribution is -0.135. The molecule has 0 spiro atoms. The van der Waals surface area contributed by atoms with Gasteiger partial charge in [0.2, 0.25) is 0 Å². The zero-order valence-corrected chi connectivity index (χ0v) is 19.5. The topological polar surface area (TPSA) is 62.2 Å². The molecule has 1 N–H and O–H groups in total. The maximum absolute atomic E-state index is 13.2. The van der Waals surface area contributed by atoms with Gasteiger partial charge in [-0.3, -0.25) is 4.79 Å². The van der Waals surface area contributed by atoms with E-state index in [2.05, 4.69) is 4.90 Å². The second-order valence-electron chi connectivity index (χ2n) is 11.0. The van der Waals surface area contributed by atoms with E-state index in [1.165, 1.54) is 32.4 Å². The van der Waals surface area contributed by atoms with Gasteiger partial charge in [0.15, 0.2) is 5.60 Å². The SMILES string of the molecule is CC1(O)C(=O)N(C2CC(N3CCCCC3)C2)c2cc(B3OC(C)(C)C(C)(C)O3)ccc21. The molecule has 1 atom stereocenters. The third-order valence-electron chi connectivity index (χ3n) is 8.33. The minimum absolute atomic E-state index is 0.140. The lowest BCUT2D eigenvalue weighted by Crippen LogP contribution is -2.57. The summed E-state index contributed by atoms with van der Waals surface area (Å²) in [7, 11) is -0.486. The van der Waals surface area contributed by atoms with Gasteiger partial charge in [0.25, 0.3) is 5.91 Å². The maximum Gasteiger partial charge on any atom is 0.494 e. The molecular weight excluding hydrogens is 391 g/mol. The minimum Gasteiger partial charge on any atom is -0.399 e. The molecule has 31 heavy (non-hydrogen) atoms. The van der Waals surface area contributed by atoms with Crippen molar-refractivity contribution in [2.24, 2.45) is 0 Å². The van der Waals surface area contributed by atoms with Gasteiger partial charge >= 0.3 is 7.12 Å². The first kappa shape index (κ1) is 21.4. The summed E-state index contributed by atoms with van der Waals surface area (Å²) in [5.41, 5.74) is 0.0454. The normalized spacial score (nSPS) is 34.7. The molecule has 1 aromatic rings. The molecule has 168 valence electrons. The molecule has 1 aliphatic carbocycles. The van der Waals surface area contributed by atoms with Crippen molar-refractivity contribution < 1.29 is 19.2 Å². The monoisotopic (exact) mass is 426 g/mol. The molecule has 4 aliphatic rings. The van der Waals surface area contributed by atoms with Crippen molar-refractivity contribution in [1.29, 1.82) is 0 Å². The Morgan fingerprint density at radius 2 is 1.58 bits per heavy atom. The highest BCUT2D eigenvalue weighted by Gasteiger charge is 2.54. The van der Waals surface area contributed by atoms with Gasteiger partial charge in [-0.25, -0.2) is 0 Å². The fraction of sp³-hybridized carbons (Fsp3) is 0.708. The minimum atomic E-state index is -1.49.